The number of rotatable bonds is 3. The Kier molecular flexibility index (Phi) is 3.69. The van der Waals surface area contributed by atoms with Crippen LogP contribution in [-0.4, -0.2) is 17.0 Å². The number of benzene rings is 1. The van der Waals surface area contributed by atoms with Gasteiger partial charge in [0, 0.05) is 19.5 Å². The molecule has 3 nitrogen and oxygen atoms in total. The lowest BCUT2D eigenvalue weighted by Gasteiger charge is -2.07. The van der Waals surface area contributed by atoms with E-state index in [4.69, 9.17) is 0 Å². The summed E-state index contributed by atoms with van der Waals surface area (Å²) < 4.78 is 39.7. The van der Waals surface area contributed by atoms with E-state index in [1.165, 1.54) is 26.1 Å². The van der Waals surface area contributed by atoms with E-state index in [-0.39, 0.29) is 17.9 Å². The van der Waals surface area contributed by atoms with Gasteiger partial charge in [-0.1, -0.05) is 0 Å². The van der Waals surface area contributed by atoms with Crippen LogP contribution in [0.2, 0.25) is 0 Å². The highest BCUT2D eigenvalue weighted by Crippen LogP contribution is 2.16. The molecule has 0 fully saturated rings. The summed E-state index contributed by atoms with van der Waals surface area (Å²) >= 11 is 0. The molecule has 0 bridgehead atoms. The Morgan fingerprint density at radius 3 is 2.26 bits per heavy atom. The Morgan fingerprint density at radius 1 is 1.05 bits per heavy atom. The van der Waals surface area contributed by atoms with Crippen LogP contribution in [0.1, 0.15) is 17.1 Å². The van der Waals surface area contributed by atoms with Gasteiger partial charge in [-0.3, -0.25) is 0 Å². The predicted molar refractivity (Wildman–Crippen MR) is 65.4 cm³/mol. The van der Waals surface area contributed by atoms with Crippen molar-refractivity contribution in [2.75, 3.05) is 12.4 Å². The fraction of sp³-hybridized carbons (Fsp3) is 0.231. The van der Waals surface area contributed by atoms with E-state index in [9.17, 15) is 13.2 Å². The smallest absolute Gasteiger partial charge is 0.186 e. The third kappa shape index (κ3) is 3.01. The second kappa shape index (κ2) is 5.26. The first-order valence-electron chi connectivity index (χ1n) is 5.65. The number of aromatic nitrogens is 2. The minimum absolute atomic E-state index is 0.0689. The van der Waals surface area contributed by atoms with Crippen molar-refractivity contribution in [1.82, 2.24) is 9.97 Å². The third-order valence-electron chi connectivity index (χ3n) is 2.58. The zero-order valence-corrected chi connectivity index (χ0v) is 10.5. The van der Waals surface area contributed by atoms with Crippen LogP contribution in [0, 0.1) is 24.4 Å². The Balaban J connectivity index is 2.35. The zero-order valence-electron chi connectivity index (χ0n) is 10.5. The van der Waals surface area contributed by atoms with E-state index in [0.29, 0.717) is 11.4 Å². The van der Waals surface area contributed by atoms with Crippen molar-refractivity contribution in [2.45, 2.75) is 13.3 Å². The number of nitrogens with one attached hydrogen (secondary N) is 1. The molecule has 0 aliphatic carbocycles. The van der Waals surface area contributed by atoms with E-state index >= 15 is 0 Å². The van der Waals surface area contributed by atoms with Crippen LogP contribution in [0.25, 0.3) is 0 Å². The van der Waals surface area contributed by atoms with Crippen molar-refractivity contribution < 1.29 is 13.2 Å². The lowest BCUT2D eigenvalue weighted by Crippen LogP contribution is -2.06. The molecule has 0 atom stereocenters. The van der Waals surface area contributed by atoms with Crippen LogP contribution >= 0.6 is 0 Å². The summed E-state index contributed by atoms with van der Waals surface area (Å²) in [6.07, 6.45) is 0.129. The molecule has 100 valence electrons. The van der Waals surface area contributed by atoms with Gasteiger partial charge in [-0.2, -0.15) is 0 Å². The quantitative estimate of drug-likeness (QED) is 0.929. The summed E-state index contributed by atoms with van der Waals surface area (Å²) in [5, 5.41) is 2.61. The lowest BCUT2D eigenvalue weighted by atomic mass is 10.1. The monoisotopic (exact) mass is 267 g/mol. The Labute approximate surface area is 108 Å². The minimum Gasteiger partial charge on any atom is -0.371 e. The number of halogens is 3. The van der Waals surface area contributed by atoms with Crippen LogP contribution < -0.4 is 5.32 Å². The topological polar surface area (TPSA) is 37.8 Å². The molecule has 0 unspecified atom stereocenters. The van der Waals surface area contributed by atoms with Gasteiger partial charge >= 0.3 is 0 Å². The summed E-state index contributed by atoms with van der Waals surface area (Å²) in [6.45, 7) is 1.51. The average molecular weight is 267 g/mol. The van der Waals surface area contributed by atoms with E-state index in [2.05, 4.69) is 15.3 Å². The summed E-state index contributed by atoms with van der Waals surface area (Å²) in [6, 6.07) is 3.19. The molecule has 1 aromatic carbocycles. The molecule has 0 saturated heterocycles. The molecule has 1 aromatic heterocycles. The van der Waals surface area contributed by atoms with Crippen molar-refractivity contribution in [1.29, 1.82) is 0 Å². The van der Waals surface area contributed by atoms with Gasteiger partial charge in [0.05, 0.1) is 5.69 Å². The molecule has 0 amide bonds. The van der Waals surface area contributed by atoms with Gasteiger partial charge in [-0.05, 0) is 24.6 Å². The van der Waals surface area contributed by atoms with Gasteiger partial charge in [0.1, 0.15) is 17.5 Å². The first-order valence-corrected chi connectivity index (χ1v) is 5.65. The first-order chi connectivity index (χ1) is 8.99. The molecule has 1 N–H and O–H groups in total. The molecule has 1 heterocycles. The van der Waals surface area contributed by atoms with Crippen LogP contribution in [-0.2, 0) is 6.42 Å². The second-order valence-electron chi connectivity index (χ2n) is 4.09. The normalized spacial score (nSPS) is 10.6. The molecule has 19 heavy (non-hydrogen) atoms. The number of hydrogen-bond donors (Lipinski definition) is 1. The predicted octanol–water partition coefficient (Wildman–Crippen LogP) is 2.83. The largest absolute Gasteiger partial charge is 0.371 e. The Bertz CT molecular complexity index is 594. The van der Waals surface area contributed by atoms with Gasteiger partial charge in [0.2, 0.25) is 0 Å². The van der Waals surface area contributed by atoms with E-state index in [0.717, 1.165) is 6.07 Å². The fourth-order valence-corrected chi connectivity index (χ4v) is 1.76. The van der Waals surface area contributed by atoms with Gasteiger partial charge in [0.15, 0.2) is 11.6 Å². The highest BCUT2D eigenvalue weighted by molar-refractivity contribution is 5.38. The number of anilines is 1. The Hall–Kier alpha value is -2.11. The van der Waals surface area contributed by atoms with E-state index < -0.39 is 17.5 Å². The molecule has 0 aliphatic rings. The maximum absolute atomic E-state index is 13.5. The molecule has 2 rings (SSSR count). The fourth-order valence-electron chi connectivity index (χ4n) is 1.76. The van der Waals surface area contributed by atoms with E-state index in [1.807, 2.05) is 0 Å². The van der Waals surface area contributed by atoms with Crippen LogP contribution in [0.4, 0.5) is 19.0 Å². The molecule has 0 aliphatic heterocycles. The third-order valence-corrected chi connectivity index (χ3v) is 2.58. The maximum Gasteiger partial charge on any atom is 0.186 e. The molecule has 0 spiro atoms. The summed E-state index contributed by atoms with van der Waals surface area (Å²) in [5.74, 6) is -1.49. The number of aryl methyl sites for hydroxylation is 1. The van der Waals surface area contributed by atoms with Crippen molar-refractivity contribution >= 4 is 5.82 Å². The van der Waals surface area contributed by atoms with Crippen molar-refractivity contribution in [3.8, 4) is 0 Å². The summed E-state index contributed by atoms with van der Waals surface area (Å²) in [4.78, 5) is 7.93. The molecule has 0 radical (unpaired) electrons. The maximum atomic E-state index is 13.5. The minimum atomic E-state index is -0.664. The zero-order chi connectivity index (χ0) is 14.0. The van der Waals surface area contributed by atoms with Gasteiger partial charge in [0.25, 0.3) is 0 Å². The SMILES string of the molecule is CNc1nc(Cc2cc(F)cc(F)c2)nc(C)c1F. The van der Waals surface area contributed by atoms with Crippen LogP contribution in [0.15, 0.2) is 18.2 Å². The summed E-state index contributed by atoms with van der Waals surface area (Å²) in [5.41, 5.74) is 0.580. The van der Waals surface area contributed by atoms with E-state index in [1.54, 1.807) is 0 Å². The molecular weight excluding hydrogens is 255 g/mol. The van der Waals surface area contributed by atoms with Crippen LogP contribution in [0.3, 0.4) is 0 Å². The van der Waals surface area contributed by atoms with Gasteiger partial charge in [-0.25, -0.2) is 23.1 Å². The van der Waals surface area contributed by atoms with Crippen molar-refractivity contribution in [2.24, 2.45) is 0 Å². The van der Waals surface area contributed by atoms with Crippen molar-refractivity contribution in [3.63, 3.8) is 0 Å². The number of nitrogens with zero attached hydrogens (tertiary/aromatic N) is 2. The number of hydrogen-bond acceptors (Lipinski definition) is 3. The average Bonchev–Trinajstić information content (AvgIpc) is 2.32. The first kappa shape index (κ1) is 13.3. The standard InChI is InChI=1S/C13H12F3N3/c1-7-12(16)13(17-2)19-11(18-7)5-8-3-9(14)6-10(15)4-8/h3-4,6H,5H2,1-2H3,(H,17,18,19). The van der Waals surface area contributed by atoms with Gasteiger partial charge in [-0.15, -0.1) is 0 Å². The molecule has 2 aromatic rings. The molecule has 0 saturated carbocycles. The lowest BCUT2D eigenvalue weighted by molar-refractivity contribution is 0.579. The van der Waals surface area contributed by atoms with Crippen molar-refractivity contribution in [3.05, 3.63) is 52.7 Å². The second-order valence-corrected chi connectivity index (χ2v) is 4.09. The molecule has 6 heteroatoms. The molecular formula is C13H12F3N3. The van der Waals surface area contributed by atoms with Gasteiger partial charge < -0.3 is 5.32 Å². The Morgan fingerprint density at radius 2 is 1.68 bits per heavy atom. The highest BCUT2D eigenvalue weighted by atomic mass is 19.1. The van der Waals surface area contributed by atoms with Crippen LogP contribution in [0.5, 0.6) is 0 Å². The highest BCUT2D eigenvalue weighted by Gasteiger charge is 2.11. The summed E-state index contributed by atoms with van der Waals surface area (Å²) in [7, 11) is 1.54.